The van der Waals surface area contributed by atoms with E-state index in [0.29, 0.717) is 0 Å². The highest BCUT2D eigenvalue weighted by atomic mass is 32.1. The predicted octanol–water partition coefficient (Wildman–Crippen LogP) is 5.67. The van der Waals surface area contributed by atoms with Gasteiger partial charge in [-0.25, -0.2) is 0 Å². The summed E-state index contributed by atoms with van der Waals surface area (Å²) in [5.41, 5.74) is 3.26. The lowest BCUT2D eigenvalue weighted by atomic mass is 10.1. The molecule has 0 aliphatic heterocycles. The summed E-state index contributed by atoms with van der Waals surface area (Å²) in [6, 6.07) is 16.3. The van der Waals surface area contributed by atoms with Crippen molar-refractivity contribution in [3.63, 3.8) is 0 Å². The third-order valence-electron chi connectivity index (χ3n) is 4.05. The van der Waals surface area contributed by atoms with Gasteiger partial charge in [0, 0.05) is 10.4 Å². The second kappa shape index (κ2) is 6.97. The highest BCUT2D eigenvalue weighted by Gasteiger charge is 2.18. The number of fused-ring (bicyclic) bond motifs is 1. The Labute approximate surface area is 141 Å². The molecule has 0 unspecified atom stereocenters. The molecule has 0 spiro atoms. The second-order valence-electron chi connectivity index (χ2n) is 5.62. The van der Waals surface area contributed by atoms with Crippen molar-refractivity contribution >= 4 is 33.0 Å². The maximum Gasteiger partial charge on any atom is 0.266 e. The average Bonchev–Trinajstić information content (AvgIpc) is 2.95. The lowest BCUT2D eigenvalue weighted by Gasteiger charge is -2.10. The van der Waals surface area contributed by atoms with Crippen LogP contribution in [0.5, 0.6) is 0 Å². The molecule has 1 amide bonds. The van der Waals surface area contributed by atoms with Crippen LogP contribution in [-0.4, -0.2) is 5.91 Å². The van der Waals surface area contributed by atoms with Gasteiger partial charge < -0.3 is 5.32 Å². The molecule has 0 saturated heterocycles. The molecule has 118 valence electrons. The minimum atomic E-state index is 0.00977. The number of carbonyl (C=O) groups is 1. The molecule has 0 radical (unpaired) electrons. The minimum absolute atomic E-state index is 0.00977. The van der Waals surface area contributed by atoms with Crippen molar-refractivity contribution in [2.24, 2.45) is 0 Å². The van der Waals surface area contributed by atoms with E-state index in [-0.39, 0.29) is 5.91 Å². The van der Waals surface area contributed by atoms with Crippen molar-refractivity contribution in [3.8, 4) is 0 Å². The number of carbonyl (C=O) groups excluding carboxylic acids is 1. The fraction of sp³-hybridized carbons (Fsp3) is 0.250. The topological polar surface area (TPSA) is 29.1 Å². The van der Waals surface area contributed by atoms with Crippen LogP contribution in [0.4, 0.5) is 5.69 Å². The van der Waals surface area contributed by atoms with Gasteiger partial charge in [-0.1, -0.05) is 56.7 Å². The van der Waals surface area contributed by atoms with Crippen LogP contribution in [0.3, 0.4) is 0 Å². The number of hydrogen-bond donors (Lipinski definition) is 1. The third kappa shape index (κ3) is 3.15. The van der Waals surface area contributed by atoms with E-state index in [4.69, 9.17) is 0 Å². The van der Waals surface area contributed by atoms with Crippen molar-refractivity contribution in [3.05, 3.63) is 64.5 Å². The highest BCUT2D eigenvalue weighted by molar-refractivity contribution is 7.21. The van der Waals surface area contributed by atoms with Crippen LogP contribution in [0, 0.1) is 0 Å². The molecule has 2 nitrogen and oxygen atoms in total. The molecular weight excluding hydrogens is 302 g/mol. The van der Waals surface area contributed by atoms with Crippen molar-refractivity contribution in [2.75, 3.05) is 5.32 Å². The number of para-hydroxylation sites is 1. The first kappa shape index (κ1) is 15.8. The molecule has 3 rings (SSSR count). The summed E-state index contributed by atoms with van der Waals surface area (Å²) in [6.45, 7) is 4.26. The first-order valence-electron chi connectivity index (χ1n) is 8.14. The molecular formula is C20H21NOS. The van der Waals surface area contributed by atoms with E-state index in [1.165, 1.54) is 21.2 Å². The number of hydrogen-bond acceptors (Lipinski definition) is 2. The second-order valence-corrected chi connectivity index (χ2v) is 6.67. The van der Waals surface area contributed by atoms with Crippen LogP contribution < -0.4 is 5.32 Å². The SMILES string of the molecule is CCCc1c(C(=O)Nc2ccccc2CC)sc2ccccc12. The molecule has 0 aliphatic carbocycles. The summed E-state index contributed by atoms with van der Waals surface area (Å²) >= 11 is 1.59. The van der Waals surface area contributed by atoms with Crippen LogP contribution in [0.15, 0.2) is 48.5 Å². The van der Waals surface area contributed by atoms with Crippen LogP contribution in [-0.2, 0) is 12.8 Å². The van der Waals surface area contributed by atoms with Crippen molar-refractivity contribution in [2.45, 2.75) is 33.1 Å². The van der Waals surface area contributed by atoms with Gasteiger partial charge >= 0.3 is 0 Å². The van der Waals surface area contributed by atoms with E-state index in [1.54, 1.807) is 11.3 Å². The molecule has 2 aromatic carbocycles. The molecule has 3 aromatic rings. The van der Waals surface area contributed by atoms with Crippen LogP contribution in [0.2, 0.25) is 0 Å². The van der Waals surface area contributed by atoms with Gasteiger partial charge in [0.15, 0.2) is 0 Å². The Hall–Kier alpha value is -2.13. The summed E-state index contributed by atoms with van der Waals surface area (Å²) in [6.07, 6.45) is 2.87. The van der Waals surface area contributed by atoms with Gasteiger partial charge in [0.2, 0.25) is 0 Å². The van der Waals surface area contributed by atoms with E-state index in [1.807, 2.05) is 30.3 Å². The molecule has 1 aromatic heterocycles. The minimum Gasteiger partial charge on any atom is -0.321 e. The quantitative estimate of drug-likeness (QED) is 0.644. The van der Waals surface area contributed by atoms with Crippen LogP contribution in [0.1, 0.15) is 41.1 Å². The maximum atomic E-state index is 12.8. The molecule has 0 saturated carbocycles. The summed E-state index contributed by atoms with van der Waals surface area (Å²) in [4.78, 5) is 13.7. The molecule has 0 bridgehead atoms. The maximum absolute atomic E-state index is 12.8. The van der Waals surface area contributed by atoms with Gasteiger partial charge in [0.1, 0.15) is 0 Å². The van der Waals surface area contributed by atoms with Crippen molar-refractivity contribution in [1.29, 1.82) is 0 Å². The Morgan fingerprint density at radius 3 is 2.57 bits per heavy atom. The number of nitrogens with one attached hydrogen (secondary N) is 1. The highest BCUT2D eigenvalue weighted by Crippen LogP contribution is 2.33. The number of aryl methyl sites for hydroxylation is 2. The predicted molar refractivity (Wildman–Crippen MR) is 99.6 cm³/mol. The van der Waals surface area contributed by atoms with Gasteiger partial charge in [0.25, 0.3) is 5.91 Å². The van der Waals surface area contributed by atoms with E-state index in [0.717, 1.165) is 29.8 Å². The summed E-state index contributed by atoms with van der Waals surface area (Å²) in [7, 11) is 0. The molecule has 0 fully saturated rings. The zero-order chi connectivity index (χ0) is 16.2. The van der Waals surface area contributed by atoms with Crippen LogP contribution >= 0.6 is 11.3 Å². The molecule has 3 heteroatoms. The standard InChI is InChI=1S/C20H21NOS/c1-3-9-16-15-11-6-8-13-18(15)23-19(16)20(22)21-17-12-7-5-10-14(17)4-2/h5-8,10-13H,3-4,9H2,1-2H3,(H,21,22). The molecule has 0 atom stereocenters. The van der Waals surface area contributed by atoms with Gasteiger partial charge in [-0.2, -0.15) is 0 Å². The first-order valence-corrected chi connectivity index (χ1v) is 8.95. The van der Waals surface area contributed by atoms with Gasteiger partial charge in [-0.15, -0.1) is 11.3 Å². The zero-order valence-electron chi connectivity index (χ0n) is 13.6. The zero-order valence-corrected chi connectivity index (χ0v) is 14.4. The summed E-state index contributed by atoms with van der Waals surface area (Å²) in [5, 5.41) is 4.32. The number of anilines is 1. The normalized spacial score (nSPS) is 10.9. The van der Waals surface area contributed by atoms with Gasteiger partial charge in [0.05, 0.1) is 4.88 Å². The Morgan fingerprint density at radius 1 is 1.04 bits per heavy atom. The Bertz CT molecular complexity index is 835. The molecule has 23 heavy (non-hydrogen) atoms. The monoisotopic (exact) mass is 323 g/mol. The van der Waals surface area contributed by atoms with Crippen LogP contribution in [0.25, 0.3) is 10.1 Å². The molecule has 1 N–H and O–H groups in total. The first-order chi connectivity index (χ1) is 11.2. The fourth-order valence-electron chi connectivity index (χ4n) is 2.91. The van der Waals surface area contributed by atoms with E-state index in [2.05, 4.69) is 37.4 Å². The van der Waals surface area contributed by atoms with Crippen molar-refractivity contribution in [1.82, 2.24) is 0 Å². The number of rotatable bonds is 5. The lowest BCUT2D eigenvalue weighted by molar-refractivity contribution is 0.102. The smallest absolute Gasteiger partial charge is 0.266 e. The average molecular weight is 323 g/mol. The summed E-state index contributed by atoms with van der Waals surface area (Å²) < 4.78 is 1.19. The Morgan fingerprint density at radius 2 is 1.78 bits per heavy atom. The number of benzene rings is 2. The molecule has 1 heterocycles. The summed E-state index contributed by atoms with van der Waals surface area (Å²) in [5.74, 6) is 0.00977. The van der Waals surface area contributed by atoms with E-state index in [9.17, 15) is 4.79 Å². The Balaban J connectivity index is 1.99. The van der Waals surface area contributed by atoms with E-state index < -0.39 is 0 Å². The number of thiophene rings is 1. The van der Waals surface area contributed by atoms with Gasteiger partial charge in [-0.3, -0.25) is 4.79 Å². The largest absolute Gasteiger partial charge is 0.321 e. The third-order valence-corrected chi connectivity index (χ3v) is 5.26. The fourth-order valence-corrected chi connectivity index (χ4v) is 4.06. The lowest BCUT2D eigenvalue weighted by Crippen LogP contribution is -2.13. The van der Waals surface area contributed by atoms with Gasteiger partial charge in [-0.05, 0) is 41.5 Å². The van der Waals surface area contributed by atoms with E-state index >= 15 is 0 Å². The molecule has 0 aliphatic rings. The number of amides is 1. The Kier molecular flexibility index (Phi) is 4.77. The van der Waals surface area contributed by atoms with Crippen molar-refractivity contribution < 1.29 is 4.79 Å².